The van der Waals surface area contributed by atoms with E-state index in [1.54, 1.807) is 10.7 Å². The first-order valence-corrected chi connectivity index (χ1v) is 8.28. The number of rotatable bonds is 6. The molecule has 3 aromatic heterocycles. The molecule has 116 valence electrons. The normalized spacial score (nSPS) is 11.6. The van der Waals surface area contributed by atoms with E-state index in [1.807, 2.05) is 23.5 Å². The zero-order valence-electron chi connectivity index (χ0n) is 13.2. The molecule has 0 spiro atoms. The lowest BCUT2D eigenvalue weighted by molar-refractivity contribution is 0.309. The summed E-state index contributed by atoms with van der Waals surface area (Å²) in [7, 11) is 2.09. The van der Waals surface area contributed by atoms with Crippen LogP contribution in [-0.2, 0) is 19.5 Å². The minimum absolute atomic E-state index is 0.707. The molecule has 3 rings (SSSR count). The highest BCUT2D eigenvalue weighted by molar-refractivity contribution is 7.11. The molecular formula is C15H20N6S. The molecule has 0 N–H and O–H groups in total. The zero-order chi connectivity index (χ0) is 15.5. The molecule has 3 heterocycles. The summed E-state index contributed by atoms with van der Waals surface area (Å²) in [6.45, 7) is 5.85. The Morgan fingerprint density at radius 1 is 1.27 bits per heavy atom. The molecular weight excluding hydrogens is 296 g/mol. The van der Waals surface area contributed by atoms with Gasteiger partial charge in [0.05, 0.1) is 17.2 Å². The van der Waals surface area contributed by atoms with Gasteiger partial charge in [0.15, 0.2) is 11.5 Å². The summed E-state index contributed by atoms with van der Waals surface area (Å²) < 4.78 is 1.79. The van der Waals surface area contributed by atoms with Gasteiger partial charge in [-0.3, -0.25) is 4.90 Å². The fourth-order valence-electron chi connectivity index (χ4n) is 2.39. The summed E-state index contributed by atoms with van der Waals surface area (Å²) in [6, 6.07) is 3.78. The van der Waals surface area contributed by atoms with Crippen LogP contribution in [0.5, 0.6) is 0 Å². The highest BCUT2D eigenvalue weighted by Gasteiger charge is 2.13. The first-order valence-electron chi connectivity index (χ1n) is 7.46. The molecule has 0 unspecified atom stereocenters. The largest absolute Gasteiger partial charge is 0.294 e. The number of aryl methyl sites for hydroxylation is 2. The van der Waals surface area contributed by atoms with Crippen LogP contribution in [0.1, 0.15) is 34.7 Å². The Hall–Kier alpha value is -1.86. The van der Waals surface area contributed by atoms with Crippen LogP contribution in [0.2, 0.25) is 0 Å². The van der Waals surface area contributed by atoms with Crippen LogP contribution in [0.25, 0.3) is 5.65 Å². The molecule has 0 atom stereocenters. The standard InChI is InChI=1S/C15H20N6S/c1-4-6-15-17-11(2)12(22-15)9-20(3)10-14-19-18-13-7-5-8-16-21(13)14/h5,7-8H,4,6,9-10H2,1-3H3. The molecule has 0 radical (unpaired) electrons. The maximum absolute atomic E-state index is 4.65. The van der Waals surface area contributed by atoms with Gasteiger partial charge in [0.1, 0.15) is 0 Å². The van der Waals surface area contributed by atoms with Gasteiger partial charge >= 0.3 is 0 Å². The minimum atomic E-state index is 0.707. The number of hydrogen-bond acceptors (Lipinski definition) is 6. The summed E-state index contributed by atoms with van der Waals surface area (Å²) in [4.78, 5) is 8.20. The van der Waals surface area contributed by atoms with Crippen molar-refractivity contribution in [2.45, 2.75) is 39.8 Å². The lowest BCUT2D eigenvalue weighted by Crippen LogP contribution is -2.19. The molecule has 0 aliphatic heterocycles. The maximum atomic E-state index is 4.65. The van der Waals surface area contributed by atoms with E-state index < -0.39 is 0 Å². The van der Waals surface area contributed by atoms with Crippen LogP contribution < -0.4 is 0 Å². The second-order valence-electron chi connectivity index (χ2n) is 5.45. The molecule has 0 aliphatic carbocycles. The predicted molar refractivity (Wildman–Crippen MR) is 86.8 cm³/mol. The van der Waals surface area contributed by atoms with Crippen LogP contribution in [-0.4, -0.2) is 36.7 Å². The van der Waals surface area contributed by atoms with E-state index in [1.165, 1.54) is 9.88 Å². The third-order valence-corrected chi connectivity index (χ3v) is 4.67. The number of hydrogen-bond donors (Lipinski definition) is 0. The van der Waals surface area contributed by atoms with Gasteiger partial charge in [0.25, 0.3) is 0 Å². The van der Waals surface area contributed by atoms with E-state index in [-0.39, 0.29) is 0 Å². The molecule has 0 aliphatic rings. The highest BCUT2D eigenvalue weighted by atomic mass is 32.1. The summed E-state index contributed by atoms with van der Waals surface area (Å²) in [5.74, 6) is 0.856. The van der Waals surface area contributed by atoms with Gasteiger partial charge in [-0.15, -0.1) is 21.5 Å². The second kappa shape index (κ2) is 6.50. The van der Waals surface area contributed by atoms with Crippen LogP contribution >= 0.6 is 11.3 Å². The van der Waals surface area contributed by atoms with Crippen LogP contribution in [0, 0.1) is 6.92 Å². The number of nitrogens with zero attached hydrogens (tertiary/aromatic N) is 6. The van der Waals surface area contributed by atoms with Crippen LogP contribution in [0.15, 0.2) is 18.3 Å². The summed E-state index contributed by atoms with van der Waals surface area (Å²) in [5.41, 5.74) is 1.93. The van der Waals surface area contributed by atoms with Crippen molar-refractivity contribution in [1.29, 1.82) is 0 Å². The van der Waals surface area contributed by atoms with E-state index in [2.05, 4.69) is 46.1 Å². The highest BCUT2D eigenvalue weighted by Crippen LogP contribution is 2.21. The van der Waals surface area contributed by atoms with Gasteiger partial charge in [0.2, 0.25) is 0 Å². The van der Waals surface area contributed by atoms with Gasteiger partial charge in [-0.05, 0) is 38.9 Å². The Kier molecular flexibility index (Phi) is 4.44. The summed E-state index contributed by atoms with van der Waals surface area (Å²) >= 11 is 1.82. The van der Waals surface area contributed by atoms with Crippen LogP contribution in [0.3, 0.4) is 0 Å². The van der Waals surface area contributed by atoms with Crippen molar-refractivity contribution in [2.24, 2.45) is 0 Å². The Morgan fingerprint density at radius 2 is 2.14 bits per heavy atom. The van der Waals surface area contributed by atoms with Gasteiger partial charge in [-0.2, -0.15) is 9.61 Å². The van der Waals surface area contributed by atoms with Crippen molar-refractivity contribution < 1.29 is 0 Å². The molecule has 0 saturated carbocycles. The Labute approximate surface area is 133 Å². The number of aromatic nitrogens is 5. The fourth-order valence-corrected chi connectivity index (χ4v) is 3.64. The quantitative estimate of drug-likeness (QED) is 0.699. The smallest absolute Gasteiger partial charge is 0.177 e. The van der Waals surface area contributed by atoms with Crippen molar-refractivity contribution in [3.8, 4) is 0 Å². The average Bonchev–Trinajstić information content (AvgIpc) is 3.04. The van der Waals surface area contributed by atoms with Crippen molar-refractivity contribution in [3.05, 3.63) is 39.7 Å². The second-order valence-corrected chi connectivity index (χ2v) is 6.62. The van der Waals surface area contributed by atoms with Crippen molar-refractivity contribution in [3.63, 3.8) is 0 Å². The van der Waals surface area contributed by atoms with Gasteiger partial charge in [-0.25, -0.2) is 4.98 Å². The number of fused-ring (bicyclic) bond motifs is 1. The molecule has 7 heteroatoms. The van der Waals surface area contributed by atoms with Gasteiger partial charge < -0.3 is 0 Å². The maximum Gasteiger partial charge on any atom is 0.177 e. The van der Waals surface area contributed by atoms with E-state index in [0.29, 0.717) is 6.54 Å². The van der Waals surface area contributed by atoms with E-state index in [4.69, 9.17) is 0 Å². The first-order chi connectivity index (χ1) is 10.7. The molecule has 3 aromatic rings. The predicted octanol–water partition coefficient (Wildman–Crippen LogP) is 2.47. The van der Waals surface area contributed by atoms with Gasteiger partial charge in [-0.1, -0.05) is 6.92 Å². The van der Waals surface area contributed by atoms with Crippen molar-refractivity contribution in [2.75, 3.05) is 7.05 Å². The zero-order valence-corrected chi connectivity index (χ0v) is 14.0. The van der Waals surface area contributed by atoms with Crippen molar-refractivity contribution in [1.82, 2.24) is 29.7 Å². The first kappa shape index (κ1) is 15.1. The molecule has 0 aromatic carbocycles. The third-order valence-electron chi connectivity index (χ3n) is 3.47. The number of thiazole rings is 1. The Balaban J connectivity index is 1.71. The lowest BCUT2D eigenvalue weighted by Gasteiger charge is -2.14. The molecule has 0 amide bonds. The molecule has 0 bridgehead atoms. The van der Waals surface area contributed by atoms with E-state index >= 15 is 0 Å². The SMILES string of the molecule is CCCc1nc(C)c(CN(C)Cc2nnc3cccnn23)s1. The third kappa shape index (κ3) is 3.15. The van der Waals surface area contributed by atoms with E-state index in [0.717, 1.165) is 36.6 Å². The molecule has 6 nitrogen and oxygen atoms in total. The average molecular weight is 316 g/mol. The minimum Gasteiger partial charge on any atom is -0.294 e. The lowest BCUT2D eigenvalue weighted by atomic mass is 10.3. The van der Waals surface area contributed by atoms with Gasteiger partial charge in [0, 0.05) is 17.6 Å². The van der Waals surface area contributed by atoms with Crippen LogP contribution in [0.4, 0.5) is 0 Å². The summed E-state index contributed by atoms with van der Waals surface area (Å²) in [5, 5.41) is 13.9. The Bertz CT molecular complexity index is 762. The van der Waals surface area contributed by atoms with E-state index in [9.17, 15) is 0 Å². The molecule has 0 fully saturated rings. The summed E-state index contributed by atoms with van der Waals surface area (Å²) in [6.07, 6.45) is 3.96. The topological polar surface area (TPSA) is 59.2 Å². The van der Waals surface area contributed by atoms with Crippen molar-refractivity contribution >= 4 is 17.0 Å². The molecule has 0 saturated heterocycles. The molecule has 22 heavy (non-hydrogen) atoms. The monoisotopic (exact) mass is 316 g/mol. The fraction of sp³-hybridized carbons (Fsp3) is 0.467. The Morgan fingerprint density at radius 3 is 2.95 bits per heavy atom.